The first-order valence-electron chi connectivity index (χ1n) is 6.34. The first kappa shape index (κ1) is 16.3. The van der Waals surface area contributed by atoms with Crippen LogP contribution in [0.15, 0.2) is 53.4 Å². The van der Waals surface area contributed by atoms with Gasteiger partial charge in [-0.3, -0.25) is 0 Å². The first-order chi connectivity index (χ1) is 9.92. The van der Waals surface area contributed by atoms with E-state index < -0.39 is 10.0 Å². The highest BCUT2D eigenvalue weighted by atomic mass is 127. The van der Waals surface area contributed by atoms with Crippen molar-refractivity contribution in [2.45, 2.75) is 17.9 Å². The molecule has 4 nitrogen and oxygen atoms in total. The van der Waals surface area contributed by atoms with Gasteiger partial charge in [-0.25, -0.2) is 13.1 Å². The van der Waals surface area contributed by atoms with E-state index in [1.54, 1.807) is 31.4 Å². The Morgan fingerprint density at radius 2 is 1.62 bits per heavy atom. The third-order valence-electron chi connectivity index (χ3n) is 3.07. The predicted octanol–water partition coefficient (Wildman–Crippen LogP) is 3.34. The number of methoxy groups -OCH3 is 1. The summed E-state index contributed by atoms with van der Waals surface area (Å²) in [7, 11) is -1.93. The van der Waals surface area contributed by atoms with E-state index in [0.717, 1.165) is 14.9 Å². The van der Waals surface area contributed by atoms with Gasteiger partial charge in [0.05, 0.1) is 12.0 Å². The van der Waals surface area contributed by atoms with Crippen LogP contribution in [0.1, 0.15) is 18.5 Å². The number of hydrogen-bond acceptors (Lipinski definition) is 3. The average molecular weight is 417 g/mol. The maximum absolute atomic E-state index is 12.3. The SMILES string of the molecule is COc1ccc(C(C)NS(=O)(=O)c2ccc(I)cc2)cc1. The number of hydrogen-bond donors (Lipinski definition) is 1. The van der Waals surface area contributed by atoms with Crippen LogP contribution in [-0.2, 0) is 10.0 Å². The van der Waals surface area contributed by atoms with Gasteiger partial charge in [0.1, 0.15) is 5.75 Å². The van der Waals surface area contributed by atoms with Gasteiger partial charge < -0.3 is 4.74 Å². The van der Waals surface area contributed by atoms with Gasteiger partial charge in [0.15, 0.2) is 0 Å². The average Bonchev–Trinajstić information content (AvgIpc) is 2.47. The van der Waals surface area contributed by atoms with E-state index in [4.69, 9.17) is 4.74 Å². The topological polar surface area (TPSA) is 55.4 Å². The lowest BCUT2D eigenvalue weighted by Gasteiger charge is -2.15. The predicted molar refractivity (Wildman–Crippen MR) is 90.9 cm³/mol. The van der Waals surface area contributed by atoms with Crippen molar-refractivity contribution in [1.82, 2.24) is 4.72 Å². The standard InChI is InChI=1S/C15H16INO3S/c1-11(12-3-7-14(20-2)8-4-12)17-21(18,19)15-9-5-13(16)6-10-15/h3-11,17H,1-2H3. The second-order valence-corrected chi connectivity index (χ2v) is 7.53. The normalized spacial score (nSPS) is 12.9. The molecule has 0 fully saturated rings. The molecule has 1 unspecified atom stereocenters. The van der Waals surface area contributed by atoms with Crippen LogP contribution in [0.2, 0.25) is 0 Å². The van der Waals surface area contributed by atoms with Crippen LogP contribution < -0.4 is 9.46 Å². The number of rotatable bonds is 5. The maximum atomic E-state index is 12.3. The van der Waals surface area contributed by atoms with Crippen LogP contribution in [0.5, 0.6) is 5.75 Å². The molecule has 0 spiro atoms. The molecular formula is C15H16INO3S. The molecule has 1 N–H and O–H groups in total. The van der Waals surface area contributed by atoms with Crippen molar-refractivity contribution in [3.63, 3.8) is 0 Å². The fourth-order valence-electron chi connectivity index (χ4n) is 1.88. The molecule has 0 bridgehead atoms. The minimum atomic E-state index is -3.52. The summed E-state index contributed by atoms with van der Waals surface area (Å²) in [6.07, 6.45) is 0. The van der Waals surface area contributed by atoms with Crippen molar-refractivity contribution >= 4 is 32.6 Å². The Morgan fingerprint density at radius 3 is 2.14 bits per heavy atom. The molecule has 21 heavy (non-hydrogen) atoms. The van der Waals surface area contributed by atoms with E-state index in [1.807, 2.05) is 31.2 Å². The van der Waals surface area contributed by atoms with Crippen molar-refractivity contribution in [3.05, 3.63) is 57.7 Å². The summed E-state index contributed by atoms with van der Waals surface area (Å²) in [5.41, 5.74) is 0.880. The van der Waals surface area contributed by atoms with Crippen LogP contribution in [0.3, 0.4) is 0 Å². The molecule has 0 saturated carbocycles. The molecule has 112 valence electrons. The minimum absolute atomic E-state index is 0.267. The van der Waals surface area contributed by atoms with E-state index in [0.29, 0.717) is 0 Å². The number of nitrogens with one attached hydrogen (secondary N) is 1. The van der Waals surface area contributed by atoms with Crippen molar-refractivity contribution in [1.29, 1.82) is 0 Å². The van der Waals surface area contributed by atoms with Gasteiger partial charge in [-0.1, -0.05) is 12.1 Å². The van der Waals surface area contributed by atoms with E-state index in [2.05, 4.69) is 27.3 Å². The van der Waals surface area contributed by atoms with E-state index >= 15 is 0 Å². The Bertz CT molecular complexity index is 697. The zero-order valence-electron chi connectivity index (χ0n) is 11.7. The number of sulfonamides is 1. The van der Waals surface area contributed by atoms with Gasteiger partial charge in [-0.2, -0.15) is 0 Å². The van der Waals surface area contributed by atoms with Crippen molar-refractivity contribution in [2.75, 3.05) is 7.11 Å². The Labute approximate surface area is 138 Å². The van der Waals surface area contributed by atoms with Crippen molar-refractivity contribution < 1.29 is 13.2 Å². The minimum Gasteiger partial charge on any atom is -0.497 e. The van der Waals surface area contributed by atoms with Crippen LogP contribution in [0, 0.1) is 3.57 Å². The molecule has 2 aromatic rings. The summed E-state index contributed by atoms with van der Waals surface area (Å²) in [4.78, 5) is 0.267. The smallest absolute Gasteiger partial charge is 0.241 e. The summed E-state index contributed by atoms with van der Waals surface area (Å²) < 4.78 is 33.4. The lowest BCUT2D eigenvalue weighted by molar-refractivity contribution is 0.414. The summed E-state index contributed by atoms with van der Waals surface area (Å²) in [6, 6.07) is 13.7. The van der Waals surface area contributed by atoms with Gasteiger partial charge in [-0.05, 0) is 71.5 Å². The van der Waals surface area contributed by atoms with Gasteiger partial charge in [0, 0.05) is 9.61 Å². The Morgan fingerprint density at radius 1 is 1.05 bits per heavy atom. The van der Waals surface area contributed by atoms with E-state index in [-0.39, 0.29) is 10.9 Å². The second kappa shape index (κ2) is 6.76. The van der Waals surface area contributed by atoms with Gasteiger partial charge in [0.2, 0.25) is 10.0 Å². The molecule has 0 radical (unpaired) electrons. The fourth-order valence-corrected chi connectivity index (χ4v) is 3.47. The molecule has 2 aromatic carbocycles. The Balaban J connectivity index is 2.17. The molecule has 0 amide bonds. The fraction of sp³-hybridized carbons (Fsp3) is 0.200. The van der Waals surface area contributed by atoms with Crippen LogP contribution >= 0.6 is 22.6 Å². The molecule has 0 aliphatic rings. The third-order valence-corrected chi connectivity index (χ3v) is 5.35. The highest BCUT2D eigenvalue weighted by Gasteiger charge is 2.18. The van der Waals surface area contributed by atoms with Gasteiger partial charge in [0.25, 0.3) is 0 Å². The zero-order chi connectivity index (χ0) is 15.5. The van der Waals surface area contributed by atoms with Crippen LogP contribution in [-0.4, -0.2) is 15.5 Å². The quantitative estimate of drug-likeness (QED) is 0.760. The third kappa shape index (κ3) is 4.18. The molecular weight excluding hydrogens is 401 g/mol. The highest BCUT2D eigenvalue weighted by molar-refractivity contribution is 14.1. The van der Waals surface area contributed by atoms with Crippen molar-refractivity contribution in [2.24, 2.45) is 0 Å². The molecule has 0 saturated heterocycles. The number of ether oxygens (including phenoxy) is 1. The second-order valence-electron chi connectivity index (χ2n) is 4.57. The van der Waals surface area contributed by atoms with E-state index in [9.17, 15) is 8.42 Å². The summed E-state index contributed by atoms with van der Waals surface area (Å²) in [5.74, 6) is 0.742. The molecule has 0 aromatic heterocycles. The molecule has 6 heteroatoms. The molecule has 0 aliphatic carbocycles. The summed E-state index contributed by atoms with van der Waals surface area (Å²) in [5, 5.41) is 0. The summed E-state index contributed by atoms with van der Waals surface area (Å²) >= 11 is 2.14. The van der Waals surface area contributed by atoms with Crippen LogP contribution in [0.25, 0.3) is 0 Å². The summed E-state index contributed by atoms with van der Waals surface area (Å²) in [6.45, 7) is 1.81. The largest absolute Gasteiger partial charge is 0.497 e. The monoisotopic (exact) mass is 417 g/mol. The lowest BCUT2D eigenvalue weighted by atomic mass is 10.1. The van der Waals surface area contributed by atoms with Crippen molar-refractivity contribution in [3.8, 4) is 5.75 Å². The van der Waals surface area contributed by atoms with Crippen LogP contribution in [0.4, 0.5) is 0 Å². The zero-order valence-corrected chi connectivity index (χ0v) is 14.7. The number of benzene rings is 2. The molecule has 0 heterocycles. The van der Waals surface area contributed by atoms with Gasteiger partial charge in [-0.15, -0.1) is 0 Å². The molecule has 1 atom stereocenters. The molecule has 0 aliphatic heterocycles. The highest BCUT2D eigenvalue weighted by Crippen LogP contribution is 2.20. The molecule has 2 rings (SSSR count). The van der Waals surface area contributed by atoms with Gasteiger partial charge >= 0.3 is 0 Å². The maximum Gasteiger partial charge on any atom is 0.241 e. The van der Waals surface area contributed by atoms with E-state index in [1.165, 1.54) is 0 Å². The first-order valence-corrected chi connectivity index (χ1v) is 8.90. The number of halogens is 1. The Hall–Kier alpha value is -1.12. The lowest BCUT2D eigenvalue weighted by Crippen LogP contribution is -2.26. The Kier molecular flexibility index (Phi) is 5.23.